The Balaban J connectivity index is 1.25. The van der Waals surface area contributed by atoms with Crippen molar-refractivity contribution in [1.82, 2.24) is 10.3 Å². The molecule has 6 heteroatoms. The van der Waals surface area contributed by atoms with Crippen molar-refractivity contribution in [3.05, 3.63) is 77.4 Å². The van der Waals surface area contributed by atoms with Crippen LogP contribution in [-0.2, 0) is 17.6 Å². The van der Waals surface area contributed by atoms with Crippen LogP contribution in [0.15, 0.2) is 64.5 Å². The molecule has 0 atom stereocenters. The summed E-state index contributed by atoms with van der Waals surface area (Å²) in [5, 5.41) is 6.37. The molecule has 1 amide bonds. The molecule has 4 nitrogen and oxygen atoms in total. The Kier molecular flexibility index (Phi) is 5.48. The lowest BCUT2D eigenvalue weighted by atomic mass is 10.1. The van der Waals surface area contributed by atoms with Crippen LogP contribution in [0.5, 0.6) is 0 Å². The summed E-state index contributed by atoms with van der Waals surface area (Å²) in [6.45, 7) is 0.603. The monoisotopic (exact) mass is 394 g/mol. The zero-order chi connectivity index (χ0) is 19.3. The third-order valence-corrected chi connectivity index (χ3v) is 5.54. The highest BCUT2D eigenvalue weighted by atomic mass is 32.1. The van der Waals surface area contributed by atoms with Crippen LogP contribution in [0.3, 0.4) is 0 Å². The largest absolute Gasteiger partial charge is 0.441 e. The van der Waals surface area contributed by atoms with E-state index >= 15 is 0 Å². The SMILES string of the molecule is O=C(CCc1ncc(-c2ccc(F)cc2)o1)NCCc1csc2ccccc12. The Hall–Kier alpha value is -2.99. The van der Waals surface area contributed by atoms with E-state index in [9.17, 15) is 9.18 Å². The molecule has 0 unspecified atom stereocenters. The highest BCUT2D eigenvalue weighted by molar-refractivity contribution is 7.17. The van der Waals surface area contributed by atoms with Crippen LogP contribution in [-0.4, -0.2) is 17.4 Å². The first-order chi connectivity index (χ1) is 13.7. The number of hydrogen-bond donors (Lipinski definition) is 1. The summed E-state index contributed by atoms with van der Waals surface area (Å²) in [6, 6.07) is 14.3. The summed E-state index contributed by atoms with van der Waals surface area (Å²) in [5.74, 6) is 0.745. The van der Waals surface area contributed by atoms with E-state index in [0.29, 0.717) is 31.0 Å². The summed E-state index contributed by atoms with van der Waals surface area (Å²) >= 11 is 1.73. The molecule has 0 spiro atoms. The molecular weight excluding hydrogens is 375 g/mol. The Morgan fingerprint density at radius 2 is 1.93 bits per heavy atom. The molecule has 2 aromatic heterocycles. The van der Waals surface area contributed by atoms with E-state index in [-0.39, 0.29) is 11.7 Å². The first kappa shape index (κ1) is 18.4. The van der Waals surface area contributed by atoms with Crippen molar-refractivity contribution in [2.45, 2.75) is 19.3 Å². The van der Waals surface area contributed by atoms with Gasteiger partial charge >= 0.3 is 0 Å². The lowest BCUT2D eigenvalue weighted by Gasteiger charge is -2.04. The summed E-state index contributed by atoms with van der Waals surface area (Å²) in [7, 11) is 0. The number of carbonyl (C=O) groups is 1. The molecule has 0 aliphatic rings. The first-order valence-corrected chi connectivity index (χ1v) is 9.99. The highest BCUT2D eigenvalue weighted by Gasteiger charge is 2.10. The van der Waals surface area contributed by atoms with Crippen LogP contribution in [0.4, 0.5) is 4.39 Å². The van der Waals surface area contributed by atoms with Crippen LogP contribution >= 0.6 is 11.3 Å². The van der Waals surface area contributed by atoms with Gasteiger partial charge in [-0.2, -0.15) is 0 Å². The van der Waals surface area contributed by atoms with Crippen LogP contribution in [0, 0.1) is 5.82 Å². The summed E-state index contributed by atoms with van der Waals surface area (Å²) in [6.07, 6.45) is 3.15. The van der Waals surface area contributed by atoms with Crippen molar-refractivity contribution in [3.8, 4) is 11.3 Å². The van der Waals surface area contributed by atoms with E-state index in [4.69, 9.17) is 4.42 Å². The second kappa shape index (κ2) is 8.35. The van der Waals surface area contributed by atoms with Crippen LogP contribution in [0.2, 0.25) is 0 Å². The number of aryl methyl sites for hydroxylation is 1. The van der Waals surface area contributed by atoms with Crippen LogP contribution in [0.1, 0.15) is 17.9 Å². The Labute approximate surface area is 166 Å². The van der Waals surface area contributed by atoms with Gasteiger partial charge in [-0.25, -0.2) is 9.37 Å². The van der Waals surface area contributed by atoms with E-state index in [2.05, 4.69) is 27.8 Å². The molecule has 1 N–H and O–H groups in total. The Morgan fingerprint density at radius 3 is 2.79 bits per heavy atom. The number of oxazole rings is 1. The molecule has 2 heterocycles. The van der Waals surface area contributed by atoms with E-state index < -0.39 is 0 Å². The Morgan fingerprint density at radius 1 is 1.11 bits per heavy atom. The maximum atomic E-state index is 13.0. The van der Waals surface area contributed by atoms with Crippen LogP contribution < -0.4 is 5.32 Å². The molecule has 2 aromatic carbocycles. The van der Waals surface area contributed by atoms with Gasteiger partial charge in [0, 0.05) is 29.6 Å². The summed E-state index contributed by atoms with van der Waals surface area (Å²) < 4.78 is 19.9. The van der Waals surface area contributed by atoms with E-state index in [1.54, 1.807) is 29.7 Å². The molecule has 0 bridgehead atoms. The van der Waals surface area contributed by atoms with Gasteiger partial charge in [-0.05, 0) is 53.1 Å². The highest BCUT2D eigenvalue weighted by Crippen LogP contribution is 2.25. The third kappa shape index (κ3) is 4.28. The third-order valence-electron chi connectivity index (χ3n) is 4.53. The fourth-order valence-corrected chi connectivity index (χ4v) is 4.04. The molecule has 4 aromatic rings. The molecule has 4 rings (SSSR count). The molecule has 0 radical (unpaired) electrons. The van der Waals surface area contributed by atoms with E-state index in [1.165, 1.54) is 27.8 Å². The topological polar surface area (TPSA) is 55.1 Å². The smallest absolute Gasteiger partial charge is 0.220 e. The summed E-state index contributed by atoms with van der Waals surface area (Å²) in [5.41, 5.74) is 2.02. The van der Waals surface area contributed by atoms with Gasteiger partial charge in [-0.15, -0.1) is 11.3 Å². The quantitative estimate of drug-likeness (QED) is 0.481. The van der Waals surface area contributed by atoms with E-state index in [0.717, 1.165) is 12.0 Å². The number of rotatable bonds is 7. The number of fused-ring (bicyclic) bond motifs is 1. The van der Waals surface area contributed by atoms with Gasteiger partial charge in [-0.3, -0.25) is 4.79 Å². The van der Waals surface area contributed by atoms with Crippen molar-refractivity contribution < 1.29 is 13.6 Å². The predicted molar refractivity (Wildman–Crippen MR) is 109 cm³/mol. The Bertz CT molecular complexity index is 1090. The van der Waals surface area contributed by atoms with Gasteiger partial charge in [0.1, 0.15) is 5.82 Å². The normalized spacial score (nSPS) is 11.0. The number of amides is 1. The minimum Gasteiger partial charge on any atom is -0.441 e. The standard InChI is InChI=1S/C22H19FN2O2S/c23-17-7-5-15(6-8-17)19-13-25-22(27-19)10-9-21(26)24-12-11-16-14-28-20-4-2-1-3-18(16)20/h1-8,13-14H,9-12H2,(H,24,26). The zero-order valence-electron chi connectivity index (χ0n) is 15.2. The zero-order valence-corrected chi connectivity index (χ0v) is 16.0. The minimum atomic E-state index is -0.296. The maximum absolute atomic E-state index is 13.0. The van der Waals surface area contributed by atoms with Gasteiger partial charge in [0.25, 0.3) is 0 Å². The minimum absolute atomic E-state index is 0.0268. The van der Waals surface area contributed by atoms with Gasteiger partial charge in [-0.1, -0.05) is 18.2 Å². The maximum Gasteiger partial charge on any atom is 0.220 e. The number of hydrogen-bond acceptors (Lipinski definition) is 4. The fourth-order valence-electron chi connectivity index (χ4n) is 3.05. The molecule has 0 aliphatic heterocycles. The summed E-state index contributed by atoms with van der Waals surface area (Å²) in [4.78, 5) is 16.3. The number of carbonyl (C=O) groups excluding carboxylic acids is 1. The van der Waals surface area contributed by atoms with Crippen molar-refractivity contribution in [1.29, 1.82) is 0 Å². The number of benzene rings is 2. The van der Waals surface area contributed by atoms with Gasteiger partial charge in [0.15, 0.2) is 11.7 Å². The first-order valence-electron chi connectivity index (χ1n) is 9.11. The molecule has 0 saturated heterocycles. The lowest BCUT2D eigenvalue weighted by Crippen LogP contribution is -2.25. The molecule has 0 aliphatic carbocycles. The van der Waals surface area contributed by atoms with Crippen molar-refractivity contribution in [2.75, 3.05) is 6.54 Å². The van der Waals surface area contributed by atoms with Crippen molar-refractivity contribution >= 4 is 27.3 Å². The van der Waals surface area contributed by atoms with Crippen molar-refractivity contribution in [3.63, 3.8) is 0 Å². The number of thiophene rings is 1. The van der Waals surface area contributed by atoms with E-state index in [1.807, 2.05) is 12.1 Å². The molecule has 0 saturated carbocycles. The average molecular weight is 394 g/mol. The molecular formula is C22H19FN2O2S. The second-order valence-electron chi connectivity index (χ2n) is 6.48. The average Bonchev–Trinajstić information content (AvgIpc) is 3.35. The fraction of sp³-hybridized carbons (Fsp3) is 0.182. The number of nitrogens with one attached hydrogen (secondary N) is 1. The predicted octanol–water partition coefficient (Wildman–Crippen LogP) is 4.99. The van der Waals surface area contributed by atoms with Gasteiger partial charge in [0.05, 0.1) is 6.20 Å². The molecule has 0 fully saturated rings. The number of aromatic nitrogens is 1. The molecule has 28 heavy (non-hydrogen) atoms. The van der Waals surface area contributed by atoms with Gasteiger partial charge in [0.2, 0.25) is 5.91 Å². The van der Waals surface area contributed by atoms with Crippen LogP contribution in [0.25, 0.3) is 21.4 Å². The number of halogens is 1. The lowest BCUT2D eigenvalue weighted by molar-refractivity contribution is -0.121. The number of nitrogens with zero attached hydrogens (tertiary/aromatic N) is 1. The second-order valence-corrected chi connectivity index (χ2v) is 7.39. The van der Waals surface area contributed by atoms with Crippen molar-refractivity contribution in [2.24, 2.45) is 0 Å². The molecule has 142 valence electrons. The van der Waals surface area contributed by atoms with Gasteiger partial charge < -0.3 is 9.73 Å².